The van der Waals surface area contributed by atoms with Crippen molar-refractivity contribution in [2.75, 3.05) is 6.54 Å². The molecule has 0 unspecified atom stereocenters. The average Bonchev–Trinajstić information content (AvgIpc) is 3.08. The van der Waals surface area contributed by atoms with Gasteiger partial charge in [-0.25, -0.2) is 0 Å². The molecule has 2 rings (SSSR count). The van der Waals surface area contributed by atoms with E-state index in [0.29, 0.717) is 0 Å². The van der Waals surface area contributed by atoms with Gasteiger partial charge in [0.15, 0.2) is 5.88 Å². The number of benzene rings is 1. The molecule has 0 spiro atoms. The van der Waals surface area contributed by atoms with Crippen LogP contribution in [0.15, 0.2) is 29.3 Å². The minimum atomic E-state index is 0.215. The molecule has 0 aliphatic heterocycles. The molecule has 0 aliphatic carbocycles. The third-order valence-electron chi connectivity index (χ3n) is 6.09. The molecule has 1 aromatic heterocycles. The first-order valence-corrected chi connectivity index (χ1v) is 12.6. The lowest BCUT2D eigenvalue weighted by Crippen LogP contribution is -1.86. The average molecular weight is 413 g/mol. The summed E-state index contributed by atoms with van der Waals surface area (Å²) in [5.41, 5.74) is 1.76. The fraction of sp³-hybridized carbons (Fsp3) is 0.667. The number of aromatic hydroxyl groups is 1. The van der Waals surface area contributed by atoms with Crippen molar-refractivity contribution in [3.05, 3.63) is 29.8 Å². The third-order valence-corrected chi connectivity index (χ3v) is 6.09. The van der Waals surface area contributed by atoms with Crippen LogP contribution in [0.25, 0.3) is 10.9 Å². The first kappa shape index (κ1) is 24.5. The summed E-state index contributed by atoms with van der Waals surface area (Å²) in [6, 6.07) is 7.95. The molecular formula is C27H44N2O. The fourth-order valence-electron chi connectivity index (χ4n) is 4.19. The highest BCUT2D eigenvalue weighted by Gasteiger charge is 2.07. The van der Waals surface area contributed by atoms with E-state index in [1.54, 1.807) is 0 Å². The van der Waals surface area contributed by atoms with Gasteiger partial charge in [0.05, 0.1) is 5.56 Å². The smallest absolute Gasteiger partial charge is 0.198 e. The zero-order chi connectivity index (χ0) is 21.3. The number of fused-ring (bicyclic) bond motifs is 1. The van der Waals surface area contributed by atoms with Gasteiger partial charge in [-0.05, 0) is 12.5 Å². The Labute approximate surface area is 184 Å². The molecule has 0 aliphatic rings. The first-order valence-electron chi connectivity index (χ1n) is 12.6. The monoisotopic (exact) mass is 412 g/mol. The van der Waals surface area contributed by atoms with Crippen molar-refractivity contribution >= 4 is 17.1 Å². The van der Waals surface area contributed by atoms with E-state index in [1.807, 2.05) is 30.5 Å². The van der Waals surface area contributed by atoms with Crippen molar-refractivity contribution in [2.24, 2.45) is 4.99 Å². The summed E-state index contributed by atoms with van der Waals surface area (Å²) in [7, 11) is 0. The highest BCUT2D eigenvalue weighted by atomic mass is 16.3. The van der Waals surface area contributed by atoms with E-state index in [4.69, 9.17) is 0 Å². The molecule has 0 saturated carbocycles. The highest BCUT2D eigenvalue weighted by Crippen LogP contribution is 2.25. The minimum absolute atomic E-state index is 0.215. The Hall–Kier alpha value is -1.77. The van der Waals surface area contributed by atoms with Gasteiger partial charge < -0.3 is 10.1 Å². The van der Waals surface area contributed by atoms with Crippen molar-refractivity contribution in [3.8, 4) is 5.88 Å². The third kappa shape index (κ3) is 9.82. The van der Waals surface area contributed by atoms with E-state index < -0.39 is 0 Å². The summed E-state index contributed by atoms with van der Waals surface area (Å²) in [5.74, 6) is 0.215. The fourth-order valence-corrected chi connectivity index (χ4v) is 4.19. The van der Waals surface area contributed by atoms with E-state index in [1.165, 1.54) is 96.3 Å². The highest BCUT2D eigenvalue weighted by molar-refractivity contribution is 6.01. The number of aromatic nitrogens is 1. The van der Waals surface area contributed by atoms with Crippen LogP contribution >= 0.6 is 0 Å². The zero-order valence-electron chi connectivity index (χ0n) is 19.3. The Kier molecular flexibility index (Phi) is 13.1. The van der Waals surface area contributed by atoms with Crippen LogP contribution in [-0.4, -0.2) is 22.8 Å². The van der Waals surface area contributed by atoms with Crippen molar-refractivity contribution in [1.29, 1.82) is 0 Å². The maximum absolute atomic E-state index is 10.0. The molecule has 168 valence electrons. The summed E-state index contributed by atoms with van der Waals surface area (Å²) < 4.78 is 0. The second-order valence-electron chi connectivity index (χ2n) is 8.77. The number of aliphatic imine (C=N–C) groups is 1. The van der Waals surface area contributed by atoms with E-state index in [2.05, 4.69) is 16.9 Å². The minimum Gasteiger partial charge on any atom is -0.494 e. The van der Waals surface area contributed by atoms with E-state index in [0.717, 1.165) is 29.4 Å². The van der Waals surface area contributed by atoms with Crippen LogP contribution in [0.2, 0.25) is 0 Å². The Balaban J connectivity index is 1.38. The molecule has 0 bridgehead atoms. The number of rotatable bonds is 18. The van der Waals surface area contributed by atoms with Gasteiger partial charge in [0.2, 0.25) is 0 Å². The van der Waals surface area contributed by atoms with Gasteiger partial charge in [-0.3, -0.25) is 4.99 Å². The van der Waals surface area contributed by atoms with E-state index in [9.17, 15) is 5.11 Å². The SMILES string of the molecule is CCCCCCCCCCCCCCCCCCN=Cc1c(O)[nH]c2ccccc12. The molecule has 0 radical (unpaired) electrons. The van der Waals surface area contributed by atoms with Crippen molar-refractivity contribution < 1.29 is 5.11 Å². The summed E-state index contributed by atoms with van der Waals surface area (Å²) in [5, 5.41) is 11.1. The maximum atomic E-state index is 10.0. The molecule has 1 heterocycles. The molecule has 0 atom stereocenters. The number of aromatic amines is 1. The molecule has 3 nitrogen and oxygen atoms in total. The van der Waals surface area contributed by atoms with Crippen molar-refractivity contribution in [2.45, 2.75) is 110 Å². The van der Waals surface area contributed by atoms with Crippen LogP contribution < -0.4 is 0 Å². The van der Waals surface area contributed by atoms with Gasteiger partial charge in [0.25, 0.3) is 0 Å². The molecule has 0 fully saturated rings. The number of hydrogen-bond donors (Lipinski definition) is 2. The molecule has 0 amide bonds. The van der Waals surface area contributed by atoms with Crippen LogP contribution in [-0.2, 0) is 0 Å². The Morgan fingerprint density at radius 1 is 0.733 bits per heavy atom. The second kappa shape index (κ2) is 16.0. The van der Waals surface area contributed by atoms with Crippen molar-refractivity contribution in [1.82, 2.24) is 4.98 Å². The van der Waals surface area contributed by atoms with Gasteiger partial charge in [-0.1, -0.05) is 121 Å². The molecule has 3 heteroatoms. The number of nitrogens with zero attached hydrogens (tertiary/aromatic N) is 1. The maximum Gasteiger partial charge on any atom is 0.198 e. The van der Waals surface area contributed by atoms with Crippen LogP contribution in [0.1, 0.15) is 115 Å². The molecule has 1 aromatic carbocycles. The number of hydrogen-bond acceptors (Lipinski definition) is 2. The lowest BCUT2D eigenvalue weighted by molar-refractivity contribution is 0.457. The topological polar surface area (TPSA) is 48.4 Å². The second-order valence-corrected chi connectivity index (χ2v) is 8.77. The molecule has 0 saturated heterocycles. The van der Waals surface area contributed by atoms with Gasteiger partial charge in [-0.15, -0.1) is 0 Å². The van der Waals surface area contributed by atoms with E-state index >= 15 is 0 Å². The normalized spacial score (nSPS) is 11.8. The lowest BCUT2D eigenvalue weighted by Gasteiger charge is -2.03. The molecular weight excluding hydrogens is 368 g/mol. The molecule has 30 heavy (non-hydrogen) atoms. The molecule has 2 N–H and O–H groups in total. The standard InChI is InChI=1S/C27H44N2O/c1-2-3-4-5-6-7-8-9-10-11-12-13-14-15-16-19-22-28-23-25-24-20-17-18-21-26(24)29-27(25)30/h17-18,20-21,23,29-30H,2-16,19,22H2,1H3. The van der Waals surface area contributed by atoms with Crippen LogP contribution in [0, 0.1) is 0 Å². The van der Waals surface area contributed by atoms with Gasteiger partial charge in [0.1, 0.15) is 0 Å². The van der Waals surface area contributed by atoms with Crippen molar-refractivity contribution in [3.63, 3.8) is 0 Å². The van der Waals surface area contributed by atoms with Gasteiger partial charge in [0, 0.05) is 23.7 Å². The van der Waals surface area contributed by atoms with E-state index in [-0.39, 0.29) is 5.88 Å². The first-order chi connectivity index (χ1) is 14.8. The van der Waals surface area contributed by atoms with Gasteiger partial charge in [-0.2, -0.15) is 0 Å². The van der Waals surface area contributed by atoms with Crippen LogP contribution in [0.3, 0.4) is 0 Å². The number of H-pyrrole nitrogens is 1. The predicted molar refractivity (Wildman–Crippen MR) is 132 cm³/mol. The Bertz CT molecular complexity index is 704. The number of unbranched alkanes of at least 4 members (excludes halogenated alkanes) is 15. The quantitative estimate of drug-likeness (QED) is 0.187. The number of nitrogens with one attached hydrogen (secondary N) is 1. The van der Waals surface area contributed by atoms with Crippen LogP contribution in [0.5, 0.6) is 5.88 Å². The lowest BCUT2D eigenvalue weighted by atomic mass is 10.0. The molecule has 2 aromatic rings. The summed E-state index contributed by atoms with van der Waals surface area (Å²) in [6.07, 6.45) is 24.0. The van der Waals surface area contributed by atoms with Gasteiger partial charge >= 0.3 is 0 Å². The summed E-state index contributed by atoms with van der Waals surface area (Å²) >= 11 is 0. The van der Waals surface area contributed by atoms with Crippen LogP contribution in [0.4, 0.5) is 0 Å². The summed E-state index contributed by atoms with van der Waals surface area (Å²) in [6.45, 7) is 3.13. The Morgan fingerprint density at radius 3 is 1.80 bits per heavy atom. The zero-order valence-corrected chi connectivity index (χ0v) is 19.3. The predicted octanol–water partition coefficient (Wildman–Crippen LogP) is 8.55. The summed E-state index contributed by atoms with van der Waals surface area (Å²) in [4.78, 5) is 7.52. The number of para-hydroxylation sites is 1. The Morgan fingerprint density at radius 2 is 1.23 bits per heavy atom. The largest absolute Gasteiger partial charge is 0.494 e.